The fraction of sp³-hybridized carbons (Fsp3) is 0.733. The zero-order chi connectivity index (χ0) is 19.3. The molecule has 11 nitrogen and oxygen atoms in total. The fourth-order valence-electron chi connectivity index (χ4n) is 3.68. The molecule has 146 valence electrons. The smallest absolute Gasteiger partial charge is 0.336 e. The highest BCUT2D eigenvalue weighted by atomic mass is 16.6. The maximum atomic E-state index is 12.8. The molecule has 11 heteroatoms. The number of aliphatic hydroxyl groups is 3. The van der Waals surface area contributed by atoms with Crippen molar-refractivity contribution in [1.82, 2.24) is 14.5 Å². The van der Waals surface area contributed by atoms with Gasteiger partial charge >= 0.3 is 23.0 Å². The highest BCUT2D eigenvalue weighted by Gasteiger charge is 2.48. The van der Waals surface area contributed by atoms with Crippen molar-refractivity contribution in [3.63, 3.8) is 0 Å². The molecule has 1 fully saturated rings. The quantitative estimate of drug-likeness (QED) is 0.335. The minimum absolute atomic E-state index is 0.0145. The number of carbonyl (C=O) groups is 1. The first-order chi connectivity index (χ1) is 12.4. The van der Waals surface area contributed by atoms with Gasteiger partial charge in [-0.25, -0.2) is 19.0 Å². The minimum atomic E-state index is -1.24. The van der Waals surface area contributed by atoms with Crippen LogP contribution in [0.1, 0.15) is 38.3 Å². The van der Waals surface area contributed by atoms with Crippen molar-refractivity contribution in [3.05, 3.63) is 31.5 Å². The first kappa shape index (κ1) is 20.1. The molecule has 2 atom stereocenters. The Morgan fingerprint density at radius 3 is 2.04 bits per heavy atom. The van der Waals surface area contributed by atoms with E-state index in [0.29, 0.717) is 11.0 Å². The van der Waals surface area contributed by atoms with E-state index in [0.717, 1.165) is 0 Å². The third-order valence-electron chi connectivity index (χ3n) is 4.95. The second kappa shape index (κ2) is 8.43. The van der Waals surface area contributed by atoms with E-state index < -0.39 is 40.6 Å². The van der Waals surface area contributed by atoms with E-state index in [-0.39, 0.29) is 45.5 Å². The molecule has 0 amide bonds. The third-order valence-corrected chi connectivity index (χ3v) is 4.95. The van der Waals surface area contributed by atoms with Crippen LogP contribution in [0.25, 0.3) is 0 Å². The molecule has 0 saturated carbocycles. The topological polar surface area (TPSA) is 175 Å². The number of ether oxygens (including phenoxy) is 1. The van der Waals surface area contributed by atoms with E-state index in [1.54, 1.807) is 0 Å². The monoisotopic (exact) mass is 373 g/mol. The molecular weight excluding hydrogens is 350 g/mol. The van der Waals surface area contributed by atoms with Crippen molar-refractivity contribution in [3.8, 4) is 0 Å². The summed E-state index contributed by atoms with van der Waals surface area (Å²) < 4.78 is 5.99. The van der Waals surface area contributed by atoms with E-state index in [2.05, 4.69) is 0 Å². The summed E-state index contributed by atoms with van der Waals surface area (Å²) >= 11 is 0. The maximum absolute atomic E-state index is 12.8. The number of cyclic esters (lactones) is 1. The number of H-pyrrole nitrogens is 2. The van der Waals surface area contributed by atoms with E-state index in [1.165, 1.54) is 0 Å². The van der Waals surface area contributed by atoms with Crippen LogP contribution >= 0.6 is 0 Å². The summed E-state index contributed by atoms with van der Waals surface area (Å²) in [6.07, 6.45) is -0.567. The number of rotatable bonds is 7. The number of aliphatic hydroxyl groups excluding tert-OH is 3. The van der Waals surface area contributed by atoms with Crippen LogP contribution < -0.4 is 17.1 Å². The number of hydrogen-bond acceptors (Lipinski definition) is 8. The molecule has 1 aliphatic heterocycles. The molecule has 5 N–H and O–H groups in total. The molecule has 0 aromatic carbocycles. The standard InChI is InChI=1S/C15H23N3O8/c19-6-3-9-1-2-10(18-13(24)16-12(23)17-14(18)25)26-11(22)15(9,4-7-20)5-8-21/h9-10,19-21H,1-8H2,(H2,16,17,23,24,25). The van der Waals surface area contributed by atoms with Crippen LogP contribution in [0.5, 0.6) is 0 Å². The molecule has 2 unspecified atom stereocenters. The van der Waals surface area contributed by atoms with Crippen LogP contribution in [0.2, 0.25) is 0 Å². The maximum Gasteiger partial charge on any atom is 0.336 e. The summed E-state index contributed by atoms with van der Waals surface area (Å²) in [5.74, 6) is -1.18. The van der Waals surface area contributed by atoms with Crippen molar-refractivity contribution >= 4 is 5.97 Å². The van der Waals surface area contributed by atoms with Crippen molar-refractivity contribution in [2.24, 2.45) is 11.3 Å². The van der Waals surface area contributed by atoms with Crippen LogP contribution in [0, 0.1) is 11.3 Å². The first-order valence-corrected chi connectivity index (χ1v) is 8.38. The van der Waals surface area contributed by atoms with E-state index in [1.807, 2.05) is 9.97 Å². The van der Waals surface area contributed by atoms with Crippen molar-refractivity contribution in [1.29, 1.82) is 0 Å². The Morgan fingerprint density at radius 1 is 0.962 bits per heavy atom. The van der Waals surface area contributed by atoms with Gasteiger partial charge in [0.15, 0.2) is 6.23 Å². The first-order valence-electron chi connectivity index (χ1n) is 8.38. The summed E-state index contributed by atoms with van der Waals surface area (Å²) in [5, 5.41) is 28.2. The molecule has 0 spiro atoms. The fourth-order valence-corrected chi connectivity index (χ4v) is 3.68. The zero-order valence-corrected chi connectivity index (χ0v) is 14.1. The number of carbonyl (C=O) groups excluding carboxylic acids is 1. The largest absolute Gasteiger partial charge is 0.440 e. The molecule has 1 aromatic heterocycles. The van der Waals surface area contributed by atoms with Gasteiger partial charge in [-0.2, -0.15) is 0 Å². The SMILES string of the molecule is O=C1OC(n2c(=O)[nH]c(=O)[nH]c2=O)CCC(CCO)C1(CCO)CCO. The molecule has 2 heterocycles. The molecular formula is C15H23N3O8. The Balaban J connectivity index is 2.47. The van der Waals surface area contributed by atoms with Crippen LogP contribution in [0.15, 0.2) is 14.4 Å². The predicted molar refractivity (Wildman–Crippen MR) is 87.3 cm³/mol. The highest BCUT2D eigenvalue weighted by molar-refractivity contribution is 5.77. The lowest BCUT2D eigenvalue weighted by atomic mass is 9.68. The Bertz CT molecular complexity index is 755. The molecule has 0 aliphatic carbocycles. The van der Waals surface area contributed by atoms with Gasteiger partial charge in [-0.05, 0) is 31.6 Å². The molecule has 26 heavy (non-hydrogen) atoms. The van der Waals surface area contributed by atoms with E-state index >= 15 is 0 Å². The average Bonchev–Trinajstić information content (AvgIpc) is 2.67. The average molecular weight is 373 g/mol. The van der Waals surface area contributed by atoms with Gasteiger partial charge in [-0.3, -0.25) is 14.8 Å². The van der Waals surface area contributed by atoms with Crippen molar-refractivity contribution < 1.29 is 24.9 Å². The van der Waals surface area contributed by atoms with Gasteiger partial charge in [-0.15, -0.1) is 0 Å². The van der Waals surface area contributed by atoms with Gasteiger partial charge in [-0.1, -0.05) is 0 Å². The predicted octanol–water partition coefficient (Wildman–Crippen LogP) is -2.19. The number of nitrogens with one attached hydrogen (secondary N) is 2. The van der Waals surface area contributed by atoms with Crippen LogP contribution in [0.3, 0.4) is 0 Å². The molecule has 2 rings (SSSR count). The van der Waals surface area contributed by atoms with Gasteiger partial charge in [0.05, 0.1) is 5.41 Å². The number of esters is 1. The van der Waals surface area contributed by atoms with E-state index in [9.17, 15) is 34.5 Å². The Hall–Kier alpha value is -2.24. The van der Waals surface area contributed by atoms with E-state index in [4.69, 9.17) is 4.74 Å². The second-order valence-electron chi connectivity index (χ2n) is 6.31. The number of nitrogens with zero attached hydrogens (tertiary/aromatic N) is 1. The van der Waals surface area contributed by atoms with Crippen molar-refractivity contribution in [2.75, 3.05) is 19.8 Å². The normalized spacial score (nSPS) is 22.7. The summed E-state index contributed by atoms with van der Waals surface area (Å²) in [7, 11) is 0. The Kier molecular flexibility index (Phi) is 6.51. The molecule has 1 saturated heterocycles. The van der Waals surface area contributed by atoms with Crippen molar-refractivity contribution in [2.45, 2.75) is 38.3 Å². The number of aromatic amines is 2. The lowest BCUT2D eigenvalue weighted by Crippen LogP contribution is -2.46. The minimum Gasteiger partial charge on any atom is -0.440 e. The number of hydrogen-bond donors (Lipinski definition) is 5. The summed E-state index contributed by atoms with van der Waals surface area (Å²) in [6.45, 7) is -0.873. The third kappa shape index (κ3) is 3.79. The summed E-state index contributed by atoms with van der Waals surface area (Å²) in [6, 6.07) is 0. The van der Waals surface area contributed by atoms with Crippen LogP contribution in [-0.4, -0.2) is 55.6 Å². The molecule has 1 aliphatic rings. The highest BCUT2D eigenvalue weighted by Crippen LogP contribution is 2.45. The Labute approximate surface area is 147 Å². The van der Waals surface area contributed by atoms with Crippen LogP contribution in [0.4, 0.5) is 0 Å². The Morgan fingerprint density at radius 2 is 1.54 bits per heavy atom. The summed E-state index contributed by atoms with van der Waals surface area (Å²) in [4.78, 5) is 51.8. The van der Waals surface area contributed by atoms with Gasteiger partial charge in [0, 0.05) is 26.2 Å². The lowest BCUT2D eigenvalue weighted by Gasteiger charge is -2.36. The van der Waals surface area contributed by atoms with Gasteiger partial charge in [0.1, 0.15) is 0 Å². The lowest BCUT2D eigenvalue weighted by molar-refractivity contribution is -0.169. The zero-order valence-electron chi connectivity index (χ0n) is 14.1. The van der Waals surface area contributed by atoms with Gasteiger partial charge < -0.3 is 20.1 Å². The van der Waals surface area contributed by atoms with Gasteiger partial charge in [0.25, 0.3) is 0 Å². The molecule has 0 bridgehead atoms. The van der Waals surface area contributed by atoms with Crippen LogP contribution in [-0.2, 0) is 9.53 Å². The van der Waals surface area contributed by atoms with Gasteiger partial charge in [0.2, 0.25) is 0 Å². The second-order valence-corrected chi connectivity index (χ2v) is 6.31. The molecule has 1 aromatic rings. The summed E-state index contributed by atoms with van der Waals surface area (Å²) in [5.41, 5.74) is -4.22. The molecule has 0 radical (unpaired) electrons. The number of aromatic nitrogens is 3.